The Morgan fingerprint density at radius 3 is 1.77 bits per heavy atom. The lowest BCUT2D eigenvalue weighted by molar-refractivity contribution is -0.397. The van der Waals surface area contributed by atoms with Crippen molar-refractivity contribution >= 4 is 0 Å². The second-order valence-electron chi connectivity index (χ2n) is 23.4. The summed E-state index contributed by atoms with van der Waals surface area (Å²) in [4.78, 5) is 0. The van der Waals surface area contributed by atoms with Crippen molar-refractivity contribution in [2.75, 3.05) is 26.4 Å². The van der Waals surface area contributed by atoms with E-state index in [1.807, 2.05) is 12.2 Å². The molecule has 0 aromatic carbocycles. The van der Waals surface area contributed by atoms with Crippen LogP contribution in [0.4, 0.5) is 0 Å². The molecule has 8 aliphatic rings. The molecule has 23 heteroatoms. The van der Waals surface area contributed by atoms with Crippen molar-refractivity contribution < 1.29 is 114 Å². The largest absolute Gasteiger partial charge is 0.512 e. The molecule has 3 saturated carbocycles. The Bertz CT molecular complexity index is 1920. The summed E-state index contributed by atoms with van der Waals surface area (Å²) >= 11 is 0. The average Bonchev–Trinajstić information content (AvgIpc) is 3.65. The molecule has 8 rings (SSSR count). The highest BCUT2D eigenvalue weighted by Gasteiger charge is 2.64. The number of hydrogen-bond donors (Lipinski definition) is 15. The fraction of sp³-hybridized carbons (Fsp3) is 0.922. The normalized spacial score (nSPS) is 51.9. The molecule has 23 nitrogen and oxygen atoms in total. The van der Waals surface area contributed by atoms with Crippen molar-refractivity contribution in [3.8, 4) is 0 Å². The first-order chi connectivity index (χ1) is 34.9. The zero-order chi connectivity index (χ0) is 54.0. The predicted octanol–water partition coefficient (Wildman–Crippen LogP) is -2.83. The van der Waals surface area contributed by atoms with E-state index >= 15 is 0 Å². The Balaban J connectivity index is 1.04. The van der Waals surface area contributed by atoms with E-state index in [2.05, 4.69) is 41.5 Å². The molecule has 74 heavy (non-hydrogen) atoms. The van der Waals surface area contributed by atoms with Crippen molar-refractivity contribution in [3.63, 3.8) is 0 Å². The minimum Gasteiger partial charge on any atom is -0.512 e. The number of ether oxygens (including phenoxy) is 8. The van der Waals surface area contributed by atoms with E-state index in [0.717, 1.165) is 18.4 Å². The number of aliphatic hydroxyl groups is 15. The highest BCUT2D eigenvalue weighted by molar-refractivity contribution is 5.30. The van der Waals surface area contributed by atoms with Gasteiger partial charge in [0.15, 0.2) is 25.2 Å². The Kier molecular flexibility index (Phi) is 18.4. The van der Waals surface area contributed by atoms with Crippen LogP contribution in [0.1, 0.15) is 80.1 Å². The number of rotatable bonds is 15. The maximum Gasteiger partial charge on any atom is 0.187 e. The monoisotopic (exact) mass is 1060 g/mol. The van der Waals surface area contributed by atoms with Crippen molar-refractivity contribution in [1.29, 1.82) is 0 Å². The summed E-state index contributed by atoms with van der Waals surface area (Å²) in [5.74, 6) is 1.00. The van der Waals surface area contributed by atoms with Gasteiger partial charge in [-0.15, -0.1) is 0 Å². The minimum atomic E-state index is -1.98. The lowest BCUT2D eigenvalue weighted by atomic mass is 9.46. The number of hydrogen-bond acceptors (Lipinski definition) is 23. The molecule has 0 radical (unpaired) electrons. The smallest absolute Gasteiger partial charge is 0.187 e. The standard InChI is InChI=1S/C51H84O23/c1-19(2)20(3)13-26(55)21(4)25-14-27(56)33-22-7-8-24-34(58)29(10-12-50(24,5)23(22)9-11-51(25,33)6)68-48-42(66)44(43(32(17-54)71-48)72-46-40(64)38(62)36(60)30(15-52)69-46)73-49-45(35(59)28(57)18-67-49)74-47-41(65)39(63)37(61)31(16-53)70-47/h8,13,19-23,25,27-49,52-66H,7,9-12,14-18H2,1-6H3/b26-13+/t20-,21-,22-,23+,25-,27+,28-,29+,30-,31-,32-,33-,34-,35-,36+,37+,38+,39+,40-,41-,42-,43-,44-,45+,46+,47-,48-,49+,50-,51-/m1/s1. The summed E-state index contributed by atoms with van der Waals surface area (Å²) in [6.07, 6.45) is -29.1. The summed E-state index contributed by atoms with van der Waals surface area (Å²) in [5, 5.41) is 164. The van der Waals surface area contributed by atoms with E-state index in [4.69, 9.17) is 37.9 Å². The van der Waals surface area contributed by atoms with E-state index in [-0.39, 0.29) is 47.3 Å². The second-order valence-corrected chi connectivity index (χ2v) is 23.4. The first kappa shape index (κ1) is 58.5. The first-order valence-electron chi connectivity index (χ1n) is 26.5. The summed E-state index contributed by atoms with van der Waals surface area (Å²) in [6, 6.07) is 0. The van der Waals surface area contributed by atoms with Gasteiger partial charge < -0.3 is 114 Å². The van der Waals surface area contributed by atoms with E-state index in [0.29, 0.717) is 30.9 Å². The third-order valence-corrected chi connectivity index (χ3v) is 18.9. The van der Waals surface area contributed by atoms with Gasteiger partial charge in [-0.25, -0.2) is 0 Å². The summed E-state index contributed by atoms with van der Waals surface area (Å²) in [5.41, 5.74) is 0.00433. The molecule has 0 spiro atoms. The molecular formula is C51H84O23. The predicted molar refractivity (Wildman–Crippen MR) is 252 cm³/mol. The first-order valence-corrected chi connectivity index (χ1v) is 26.5. The van der Waals surface area contributed by atoms with Gasteiger partial charge in [-0.2, -0.15) is 0 Å². The molecule has 4 aliphatic carbocycles. The molecule has 4 heterocycles. The average molecular weight is 1070 g/mol. The van der Waals surface area contributed by atoms with Gasteiger partial charge in [-0.05, 0) is 96.5 Å². The zero-order valence-electron chi connectivity index (χ0n) is 42.9. The second kappa shape index (κ2) is 23.2. The summed E-state index contributed by atoms with van der Waals surface area (Å²) < 4.78 is 47.7. The minimum absolute atomic E-state index is 0.0410. The quantitative estimate of drug-likeness (QED) is 0.0581. The Morgan fingerprint density at radius 1 is 0.635 bits per heavy atom. The van der Waals surface area contributed by atoms with Crippen molar-refractivity contribution in [1.82, 2.24) is 0 Å². The molecule has 4 aliphatic heterocycles. The van der Waals surface area contributed by atoms with Gasteiger partial charge in [0.2, 0.25) is 0 Å². The fourth-order valence-electron chi connectivity index (χ4n) is 14.1. The summed E-state index contributed by atoms with van der Waals surface area (Å²) in [7, 11) is 0. The highest BCUT2D eigenvalue weighted by atomic mass is 16.8. The van der Waals surface area contributed by atoms with Crippen LogP contribution in [0.15, 0.2) is 23.5 Å². The molecule has 4 saturated heterocycles. The van der Waals surface area contributed by atoms with Gasteiger partial charge in [0, 0.05) is 5.92 Å². The molecule has 0 aromatic rings. The number of allylic oxidation sites excluding steroid dienone is 3. The highest BCUT2D eigenvalue weighted by Crippen LogP contribution is 2.67. The molecule has 426 valence electrons. The number of aliphatic hydroxyl groups excluding tert-OH is 15. The van der Waals surface area contributed by atoms with Crippen molar-refractivity contribution in [2.45, 2.75) is 215 Å². The maximum absolute atomic E-state index is 12.3. The molecule has 0 amide bonds. The van der Waals surface area contributed by atoms with Crippen LogP contribution in [0.25, 0.3) is 0 Å². The number of fused-ring (bicyclic) bond motifs is 5. The van der Waals surface area contributed by atoms with Crippen LogP contribution in [0.3, 0.4) is 0 Å². The van der Waals surface area contributed by atoms with E-state index in [1.54, 1.807) is 0 Å². The van der Waals surface area contributed by atoms with Crippen LogP contribution < -0.4 is 0 Å². The van der Waals surface area contributed by atoms with Crippen LogP contribution in [0.5, 0.6) is 0 Å². The van der Waals surface area contributed by atoms with Crippen LogP contribution in [0, 0.1) is 52.3 Å². The Hall–Kier alpha value is -1.60. The molecule has 0 unspecified atom stereocenters. The topological polar surface area (TPSA) is 377 Å². The van der Waals surface area contributed by atoms with Gasteiger partial charge >= 0.3 is 0 Å². The van der Waals surface area contributed by atoms with Gasteiger partial charge in [0.1, 0.15) is 97.7 Å². The van der Waals surface area contributed by atoms with Gasteiger partial charge in [0.25, 0.3) is 0 Å². The Morgan fingerprint density at radius 2 is 1.19 bits per heavy atom. The van der Waals surface area contributed by atoms with Gasteiger partial charge in [-0.3, -0.25) is 0 Å². The van der Waals surface area contributed by atoms with Crippen molar-refractivity contribution in [3.05, 3.63) is 23.5 Å². The van der Waals surface area contributed by atoms with Gasteiger partial charge in [0.05, 0.1) is 44.4 Å². The SMILES string of the molecule is CC(C)[C@H](C)/C=C(/O)[C@H](C)[C@H]1C[C@H](O)[C@H]2[C@@H]3CC=C4[C@@H](O)[C@@H](O[C@@H]5O[C@H](CO)[C@@H](O[C@@H]6O[C@H](CO)[C@H](O)[C@H](O)[C@H]6O)[C@H](O[C@@H]6OC[C@@H](O)[C@@H](O)[C@@H]6O[C@H]6O[C@H](CO)[C@H](O)[C@H](O)[C@H]6O)[C@H]5O)CC[C@]4(C)[C@H]3CC[C@@]21C. The molecule has 7 fully saturated rings. The van der Waals surface area contributed by atoms with Crippen molar-refractivity contribution in [2.24, 2.45) is 52.3 Å². The van der Waals surface area contributed by atoms with E-state index in [9.17, 15) is 76.6 Å². The van der Waals surface area contributed by atoms with Crippen LogP contribution in [0.2, 0.25) is 0 Å². The molecule has 30 atom stereocenters. The third-order valence-electron chi connectivity index (χ3n) is 18.9. The fourth-order valence-corrected chi connectivity index (χ4v) is 14.1. The van der Waals surface area contributed by atoms with Crippen LogP contribution in [-0.2, 0) is 37.9 Å². The van der Waals surface area contributed by atoms with Gasteiger partial charge in [-0.1, -0.05) is 47.6 Å². The molecule has 0 aromatic heterocycles. The maximum atomic E-state index is 12.3. The molecule has 15 N–H and O–H groups in total. The summed E-state index contributed by atoms with van der Waals surface area (Å²) in [6.45, 7) is 9.66. The lowest BCUT2D eigenvalue weighted by Gasteiger charge is -2.59. The molecule has 0 bridgehead atoms. The zero-order valence-corrected chi connectivity index (χ0v) is 42.9. The van der Waals surface area contributed by atoms with E-state index < -0.39 is 167 Å². The lowest BCUT2D eigenvalue weighted by Crippen LogP contribution is -2.67. The third kappa shape index (κ3) is 10.7. The Labute approximate surface area is 430 Å². The van der Waals surface area contributed by atoms with E-state index in [1.165, 1.54) is 0 Å². The molecular weight excluding hydrogens is 981 g/mol. The van der Waals surface area contributed by atoms with Crippen LogP contribution >= 0.6 is 0 Å². The van der Waals surface area contributed by atoms with Crippen LogP contribution in [-0.4, -0.2) is 238 Å².